The minimum absolute atomic E-state index is 0.223. The summed E-state index contributed by atoms with van der Waals surface area (Å²) in [6, 6.07) is 5.95. The van der Waals surface area contributed by atoms with E-state index in [4.69, 9.17) is 4.74 Å². The lowest BCUT2D eigenvalue weighted by molar-refractivity contribution is 0.0953. The Morgan fingerprint density at radius 1 is 1.32 bits per heavy atom. The van der Waals surface area contributed by atoms with Gasteiger partial charge in [-0.1, -0.05) is 17.8 Å². The molecule has 1 saturated heterocycles. The molecular weight excluding hydrogens is 336 g/mol. The SMILES string of the molecule is Cn1cc(-c2nnc(SCc3ccccn3)n2C[C@H]2CCCO2)cn1. The Morgan fingerprint density at radius 2 is 2.28 bits per heavy atom. The molecule has 25 heavy (non-hydrogen) atoms. The summed E-state index contributed by atoms with van der Waals surface area (Å²) in [6.07, 6.45) is 8.02. The van der Waals surface area contributed by atoms with Crippen molar-refractivity contribution in [2.45, 2.75) is 36.4 Å². The van der Waals surface area contributed by atoms with E-state index >= 15 is 0 Å². The van der Waals surface area contributed by atoms with Crippen LogP contribution in [0.4, 0.5) is 0 Å². The van der Waals surface area contributed by atoms with E-state index in [1.807, 2.05) is 43.8 Å². The molecule has 0 saturated carbocycles. The molecule has 7 nitrogen and oxygen atoms in total. The third-order valence-electron chi connectivity index (χ3n) is 4.17. The zero-order valence-electron chi connectivity index (χ0n) is 14.1. The molecule has 0 amide bonds. The maximum Gasteiger partial charge on any atom is 0.191 e. The highest BCUT2D eigenvalue weighted by molar-refractivity contribution is 7.98. The lowest BCUT2D eigenvalue weighted by Gasteiger charge is -2.14. The van der Waals surface area contributed by atoms with Gasteiger partial charge in [0.15, 0.2) is 11.0 Å². The van der Waals surface area contributed by atoms with Crippen molar-refractivity contribution in [2.24, 2.45) is 7.05 Å². The van der Waals surface area contributed by atoms with Crippen LogP contribution in [0.5, 0.6) is 0 Å². The van der Waals surface area contributed by atoms with Crippen LogP contribution in [0.3, 0.4) is 0 Å². The van der Waals surface area contributed by atoms with Gasteiger partial charge in [-0.15, -0.1) is 10.2 Å². The normalized spacial score (nSPS) is 17.2. The van der Waals surface area contributed by atoms with Gasteiger partial charge in [-0.25, -0.2) is 0 Å². The molecule has 0 N–H and O–H groups in total. The van der Waals surface area contributed by atoms with E-state index in [-0.39, 0.29) is 6.10 Å². The van der Waals surface area contributed by atoms with Crippen LogP contribution in [0.1, 0.15) is 18.5 Å². The Bertz CT molecular complexity index is 825. The van der Waals surface area contributed by atoms with Crippen LogP contribution in [-0.4, -0.2) is 42.2 Å². The minimum atomic E-state index is 0.223. The Hall–Kier alpha value is -2.19. The fourth-order valence-electron chi connectivity index (χ4n) is 2.92. The molecule has 3 aromatic heterocycles. The molecule has 0 bridgehead atoms. The first kappa shape index (κ1) is 16.3. The van der Waals surface area contributed by atoms with E-state index in [0.717, 1.165) is 54.0 Å². The van der Waals surface area contributed by atoms with Gasteiger partial charge in [0.25, 0.3) is 0 Å². The Balaban J connectivity index is 1.59. The second-order valence-electron chi connectivity index (χ2n) is 6.06. The van der Waals surface area contributed by atoms with Crippen LogP contribution >= 0.6 is 11.8 Å². The zero-order valence-corrected chi connectivity index (χ0v) is 14.9. The first-order valence-electron chi connectivity index (χ1n) is 8.36. The van der Waals surface area contributed by atoms with Crippen LogP contribution in [0.2, 0.25) is 0 Å². The summed E-state index contributed by atoms with van der Waals surface area (Å²) < 4.78 is 9.75. The van der Waals surface area contributed by atoms with Crippen molar-refractivity contribution in [2.75, 3.05) is 6.61 Å². The largest absolute Gasteiger partial charge is 0.376 e. The van der Waals surface area contributed by atoms with Crippen LogP contribution in [0.15, 0.2) is 41.9 Å². The van der Waals surface area contributed by atoms with Gasteiger partial charge in [0.2, 0.25) is 0 Å². The van der Waals surface area contributed by atoms with Gasteiger partial charge in [-0.3, -0.25) is 14.2 Å². The summed E-state index contributed by atoms with van der Waals surface area (Å²) in [4.78, 5) is 4.38. The highest BCUT2D eigenvalue weighted by Crippen LogP contribution is 2.27. The fraction of sp³-hybridized carbons (Fsp3) is 0.412. The first-order chi connectivity index (χ1) is 12.3. The summed E-state index contributed by atoms with van der Waals surface area (Å²) in [5, 5.41) is 14.0. The minimum Gasteiger partial charge on any atom is -0.376 e. The van der Waals surface area contributed by atoms with Gasteiger partial charge < -0.3 is 4.74 Å². The van der Waals surface area contributed by atoms with E-state index in [2.05, 4.69) is 24.8 Å². The molecule has 0 spiro atoms. The van der Waals surface area contributed by atoms with Gasteiger partial charge in [0.1, 0.15) is 0 Å². The lowest BCUT2D eigenvalue weighted by Crippen LogP contribution is -2.16. The third-order valence-corrected chi connectivity index (χ3v) is 5.17. The Labute approximate surface area is 150 Å². The molecule has 1 aliphatic heterocycles. The quantitative estimate of drug-likeness (QED) is 0.632. The number of hydrogen-bond acceptors (Lipinski definition) is 6. The van der Waals surface area contributed by atoms with Crippen LogP contribution in [0.25, 0.3) is 11.4 Å². The second kappa shape index (κ2) is 7.37. The highest BCUT2D eigenvalue weighted by atomic mass is 32.2. The average Bonchev–Trinajstić information content (AvgIpc) is 3.36. The van der Waals surface area contributed by atoms with Crippen molar-refractivity contribution in [1.82, 2.24) is 29.5 Å². The lowest BCUT2D eigenvalue weighted by atomic mass is 10.2. The number of nitrogens with zero attached hydrogens (tertiary/aromatic N) is 6. The number of rotatable bonds is 6. The summed E-state index contributed by atoms with van der Waals surface area (Å²) in [5.74, 6) is 1.60. The van der Waals surface area contributed by atoms with E-state index in [1.54, 1.807) is 16.4 Å². The first-order valence-corrected chi connectivity index (χ1v) is 9.34. The average molecular weight is 356 g/mol. The van der Waals surface area contributed by atoms with Crippen molar-refractivity contribution in [3.05, 3.63) is 42.5 Å². The van der Waals surface area contributed by atoms with Gasteiger partial charge >= 0.3 is 0 Å². The summed E-state index contributed by atoms with van der Waals surface area (Å²) in [6.45, 7) is 1.60. The maximum absolute atomic E-state index is 5.82. The zero-order chi connectivity index (χ0) is 17.1. The molecule has 1 fully saturated rings. The second-order valence-corrected chi connectivity index (χ2v) is 7.01. The summed E-state index contributed by atoms with van der Waals surface area (Å²) in [7, 11) is 1.90. The molecule has 130 valence electrons. The summed E-state index contributed by atoms with van der Waals surface area (Å²) in [5.41, 5.74) is 2.00. The predicted molar refractivity (Wildman–Crippen MR) is 95.0 cm³/mol. The van der Waals surface area contributed by atoms with E-state index in [1.165, 1.54) is 0 Å². The van der Waals surface area contributed by atoms with Gasteiger partial charge in [0.05, 0.1) is 30.1 Å². The number of aryl methyl sites for hydroxylation is 1. The molecule has 1 aliphatic rings. The van der Waals surface area contributed by atoms with Crippen LogP contribution in [0, 0.1) is 0 Å². The van der Waals surface area contributed by atoms with Crippen LogP contribution < -0.4 is 0 Å². The molecular formula is C17H20N6OS. The molecule has 0 aliphatic carbocycles. The molecule has 1 atom stereocenters. The molecule has 4 rings (SSSR count). The highest BCUT2D eigenvalue weighted by Gasteiger charge is 2.22. The molecule has 4 heterocycles. The number of pyridine rings is 1. The smallest absolute Gasteiger partial charge is 0.191 e. The monoisotopic (exact) mass is 356 g/mol. The molecule has 0 aromatic carbocycles. The van der Waals surface area contributed by atoms with Crippen molar-refractivity contribution < 1.29 is 4.74 Å². The van der Waals surface area contributed by atoms with Gasteiger partial charge in [-0.05, 0) is 25.0 Å². The maximum atomic E-state index is 5.82. The molecule has 0 unspecified atom stereocenters. The van der Waals surface area contributed by atoms with Gasteiger partial charge in [0, 0.05) is 31.8 Å². The van der Waals surface area contributed by atoms with E-state index in [9.17, 15) is 0 Å². The van der Waals surface area contributed by atoms with Crippen LogP contribution in [-0.2, 0) is 24.1 Å². The third kappa shape index (κ3) is 3.74. The number of thioether (sulfide) groups is 1. The van der Waals surface area contributed by atoms with Crippen molar-refractivity contribution in [3.63, 3.8) is 0 Å². The number of ether oxygens (including phenoxy) is 1. The van der Waals surface area contributed by atoms with Crippen molar-refractivity contribution >= 4 is 11.8 Å². The molecule has 3 aromatic rings. The Morgan fingerprint density at radius 3 is 3.00 bits per heavy atom. The summed E-state index contributed by atoms with van der Waals surface area (Å²) >= 11 is 1.65. The molecule has 0 radical (unpaired) electrons. The fourth-order valence-corrected chi connectivity index (χ4v) is 3.79. The van der Waals surface area contributed by atoms with E-state index in [0.29, 0.717) is 0 Å². The predicted octanol–water partition coefficient (Wildman–Crippen LogP) is 2.54. The number of hydrogen-bond donors (Lipinski definition) is 0. The molecule has 8 heteroatoms. The van der Waals surface area contributed by atoms with Crippen molar-refractivity contribution in [3.8, 4) is 11.4 Å². The van der Waals surface area contributed by atoms with E-state index < -0.39 is 0 Å². The number of aromatic nitrogens is 6. The van der Waals surface area contributed by atoms with Crippen molar-refractivity contribution in [1.29, 1.82) is 0 Å². The Kier molecular flexibility index (Phi) is 4.80. The standard InChI is InChI=1S/C17H20N6OS/c1-22-10-13(9-19-22)16-20-21-17(23(16)11-15-6-4-8-24-15)25-12-14-5-2-3-7-18-14/h2-3,5,7,9-10,15H,4,6,8,11-12H2,1H3/t15-/m1/s1. The van der Waals surface area contributed by atoms with Gasteiger partial charge in [-0.2, -0.15) is 5.10 Å². The topological polar surface area (TPSA) is 70.7 Å².